The van der Waals surface area contributed by atoms with Gasteiger partial charge >= 0.3 is 6.18 Å². The van der Waals surface area contributed by atoms with Gasteiger partial charge in [-0.3, -0.25) is 4.79 Å². The van der Waals surface area contributed by atoms with Gasteiger partial charge in [0.25, 0.3) is 5.82 Å². The first kappa shape index (κ1) is 19.0. The van der Waals surface area contributed by atoms with Gasteiger partial charge in [-0.2, -0.15) is 13.2 Å². The molecule has 0 saturated carbocycles. The van der Waals surface area contributed by atoms with Crippen LogP contribution >= 0.6 is 11.8 Å². The third-order valence-corrected chi connectivity index (χ3v) is 4.28. The highest BCUT2D eigenvalue weighted by molar-refractivity contribution is 8.00. The number of hydrogen-bond acceptors (Lipinski definition) is 5. The third-order valence-electron chi connectivity index (χ3n) is 3.23. The largest absolute Gasteiger partial charge is 0.453 e. The molecule has 2 N–H and O–H groups in total. The van der Waals surface area contributed by atoms with Gasteiger partial charge in [0, 0.05) is 13.6 Å². The summed E-state index contributed by atoms with van der Waals surface area (Å²) < 4.78 is 51.4. The maximum absolute atomic E-state index is 13.2. The molecule has 0 spiro atoms. The Morgan fingerprint density at radius 1 is 1.40 bits per heavy atom. The van der Waals surface area contributed by atoms with E-state index in [4.69, 9.17) is 5.84 Å². The molecule has 0 aliphatic carbocycles. The van der Waals surface area contributed by atoms with Crippen LogP contribution < -0.4 is 5.84 Å². The van der Waals surface area contributed by atoms with Crippen LogP contribution in [0, 0.1) is 5.82 Å². The maximum Gasteiger partial charge on any atom is 0.453 e. The normalized spacial score (nSPS) is 12.9. The van der Waals surface area contributed by atoms with Crippen LogP contribution in [0.1, 0.15) is 18.3 Å². The van der Waals surface area contributed by atoms with Crippen LogP contribution in [0.25, 0.3) is 0 Å². The molecule has 0 aliphatic heterocycles. The number of hydrogen-bond donors (Lipinski definition) is 1. The summed E-state index contributed by atoms with van der Waals surface area (Å²) in [6.45, 7) is 1.67. The SMILES string of the molecule is CC(Sc1nnc(C(F)(F)F)n1N)C(=O)N(C)Cc1cccc(F)c1. The molecule has 0 radical (unpaired) electrons. The molecule has 6 nitrogen and oxygen atoms in total. The first-order chi connectivity index (χ1) is 11.6. The van der Waals surface area contributed by atoms with Gasteiger partial charge in [0.2, 0.25) is 11.1 Å². The molecule has 1 aromatic carbocycles. The number of benzene rings is 1. The standard InChI is InChI=1S/C14H15F4N5OS/c1-8(25-13-21-20-12(23(13)19)14(16,17)18)11(24)22(2)7-9-4-3-5-10(15)6-9/h3-6,8H,7,19H2,1-2H3. The molecule has 0 fully saturated rings. The van der Waals surface area contributed by atoms with Crippen LogP contribution in [0.5, 0.6) is 0 Å². The van der Waals surface area contributed by atoms with Crippen LogP contribution in [0.3, 0.4) is 0 Å². The molecule has 0 aliphatic rings. The fourth-order valence-corrected chi connectivity index (χ4v) is 2.94. The fraction of sp³-hybridized carbons (Fsp3) is 0.357. The van der Waals surface area contributed by atoms with E-state index in [1.54, 1.807) is 6.07 Å². The average Bonchev–Trinajstić information content (AvgIpc) is 2.87. The van der Waals surface area contributed by atoms with Gasteiger partial charge in [-0.15, -0.1) is 10.2 Å². The van der Waals surface area contributed by atoms with E-state index in [0.717, 1.165) is 11.8 Å². The highest BCUT2D eigenvalue weighted by atomic mass is 32.2. The number of carbonyl (C=O) groups excluding carboxylic acids is 1. The molecular formula is C14H15F4N5OS. The lowest BCUT2D eigenvalue weighted by Gasteiger charge is -2.21. The summed E-state index contributed by atoms with van der Waals surface area (Å²) in [5.74, 6) is 3.20. The van der Waals surface area contributed by atoms with Crippen molar-refractivity contribution < 1.29 is 22.4 Å². The number of halogens is 4. The second-order valence-corrected chi connectivity index (χ2v) is 6.57. The Balaban J connectivity index is 2.04. The number of alkyl halides is 3. The van der Waals surface area contributed by atoms with Crippen molar-refractivity contribution in [1.29, 1.82) is 0 Å². The highest BCUT2D eigenvalue weighted by Crippen LogP contribution is 2.30. The predicted molar refractivity (Wildman–Crippen MR) is 83.4 cm³/mol. The minimum atomic E-state index is -4.73. The lowest BCUT2D eigenvalue weighted by molar-refractivity contribution is -0.146. The number of rotatable bonds is 5. The molecular weight excluding hydrogens is 362 g/mol. The molecule has 1 atom stereocenters. The number of thioether (sulfide) groups is 1. The van der Waals surface area contributed by atoms with E-state index in [0.29, 0.717) is 10.2 Å². The minimum Gasteiger partial charge on any atom is -0.340 e. The molecule has 1 amide bonds. The Morgan fingerprint density at radius 2 is 2.08 bits per heavy atom. The van der Waals surface area contributed by atoms with E-state index >= 15 is 0 Å². The van der Waals surface area contributed by atoms with Crippen LogP contribution in [-0.4, -0.2) is 38.0 Å². The zero-order valence-corrected chi connectivity index (χ0v) is 14.1. The summed E-state index contributed by atoms with van der Waals surface area (Å²) in [6, 6.07) is 5.78. The van der Waals surface area contributed by atoms with E-state index in [9.17, 15) is 22.4 Å². The number of nitrogens with zero attached hydrogens (tertiary/aromatic N) is 4. The second-order valence-electron chi connectivity index (χ2n) is 5.26. The lowest BCUT2D eigenvalue weighted by atomic mass is 10.2. The van der Waals surface area contributed by atoms with Gasteiger partial charge in [-0.05, 0) is 24.6 Å². The van der Waals surface area contributed by atoms with Gasteiger partial charge in [0.05, 0.1) is 5.25 Å². The monoisotopic (exact) mass is 377 g/mol. The number of aromatic nitrogens is 3. The zero-order valence-electron chi connectivity index (χ0n) is 13.3. The first-order valence-electron chi connectivity index (χ1n) is 7.03. The Kier molecular flexibility index (Phi) is 5.55. The average molecular weight is 377 g/mol. The molecule has 1 unspecified atom stereocenters. The van der Waals surface area contributed by atoms with Crippen LogP contribution in [-0.2, 0) is 17.5 Å². The molecule has 1 heterocycles. The van der Waals surface area contributed by atoms with Crippen molar-refractivity contribution >= 4 is 17.7 Å². The third kappa shape index (κ3) is 4.62. The Bertz CT molecular complexity index is 764. The molecule has 136 valence electrons. The van der Waals surface area contributed by atoms with Crippen LogP contribution in [0.15, 0.2) is 29.4 Å². The maximum atomic E-state index is 13.2. The Hall–Kier alpha value is -2.30. The number of carbonyl (C=O) groups is 1. The Labute approximate surface area is 145 Å². The molecule has 1 aromatic heterocycles. The molecule has 2 rings (SSSR count). The van der Waals surface area contributed by atoms with E-state index in [1.165, 1.54) is 37.1 Å². The van der Waals surface area contributed by atoms with Gasteiger partial charge in [-0.25, -0.2) is 9.07 Å². The van der Waals surface area contributed by atoms with Crippen molar-refractivity contribution in [2.75, 3.05) is 12.9 Å². The van der Waals surface area contributed by atoms with Gasteiger partial charge in [0.15, 0.2) is 0 Å². The van der Waals surface area contributed by atoms with Gasteiger partial charge in [-0.1, -0.05) is 23.9 Å². The minimum absolute atomic E-state index is 0.157. The summed E-state index contributed by atoms with van der Waals surface area (Å²) in [4.78, 5) is 13.7. The van der Waals surface area contributed by atoms with E-state index in [2.05, 4.69) is 10.2 Å². The van der Waals surface area contributed by atoms with E-state index < -0.39 is 23.1 Å². The molecule has 11 heteroatoms. The Morgan fingerprint density at radius 3 is 2.64 bits per heavy atom. The molecule has 0 saturated heterocycles. The fourth-order valence-electron chi connectivity index (χ4n) is 2.06. The van der Waals surface area contributed by atoms with E-state index in [-0.39, 0.29) is 17.6 Å². The van der Waals surface area contributed by atoms with Crippen LogP contribution in [0.4, 0.5) is 17.6 Å². The second kappa shape index (κ2) is 7.30. The molecule has 2 aromatic rings. The molecule has 0 bridgehead atoms. The summed E-state index contributed by atoms with van der Waals surface area (Å²) in [5, 5.41) is 5.38. The summed E-state index contributed by atoms with van der Waals surface area (Å²) in [6.07, 6.45) is -4.73. The predicted octanol–water partition coefficient (Wildman–Crippen LogP) is 2.29. The van der Waals surface area contributed by atoms with Crippen molar-refractivity contribution in [1.82, 2.24) is 19.8 Å². The smallest absolute Gasteiger partial charge is 0.340 e. The topological polar surface area (TPSA) is 77.0 Å². The van der Waals surface area contributed by atoms with Crippen molar-refractivity contribution in [2.24, 2.45) is 0 Å². The number of nitrogen functional groups attached to an aromatic ring is 1. The number of amides is 1. The lowest BCUT2D eigenvalue weighted by Crippen LogP contribution is -2.33. The summed E-state index contributed by atoms with van der Waals surface area (Å²) in [7, 11) is 1.51. The quantitative estimate of drug-likeness (QED) is 0.492. The van der Waals surface area contributed by atoms with Gasteiger partial charge in [0.1, 0.15) is 5.82 Å². The highest BCUT2D eigenvalue weighted by Gasteiger charge is 2.38. The van der Waals surface area contributed by atoms with Crippen molar-refractivity contribution in [3.8, 4) is 0 Å². The van der Waals surface area contributed by atoms with Crippen molar-refractivity contribution in [3.05, 3.63) is 41.5 Å². The van der Waals surface area contributed by atoms with Crippen molar-refractivity contribution in [2.45, 2.75) is 30.1 Å². The first-order valence-corrected chi connectivity index (χ1v) is 7.91. The summed E-state index contributed by atoms with van der Waals surface area (Å²) in [5.41, 5.74) is 0.592. The number of nitrogens with two attached hydrogens (primary N) is 1. The molecule has 25 heavy (non-hydrogen) atoms. The van der Waals surface area contributed by atoms with Crippen molar-refractivity contribution in [3.63, 3.8) is 0 Å². The van der Waals surface area contributed by atoms with Crippen LogP contribution in [0.2, 0.25) is 0 Å². The van der Waals surface area contributed by atoms with E-state index in [1.807, 2.05) is 0 Å². The summed E-state index contributed by atoms with van der Waals surface area (Å²) >= 11 is 0.756. The van der Waals surface area contributed by atoms with Gasteiger partial charge < -0.3 is 10.7 Å². The zero-order chi connectivity index (χ0) is 18.8.